The van der Waals surface area contributed by atoms with Gasteiger partial charge < -0.3 is 14.4 Å². The maximum absolute atomic E-state index is 12.7. The van der Waals surface area contributed by atoms with Crippen molar-refractivity contribution in [1.29, 1.82) is 0 Å². The van der Waals surface area contributed by atoms with E-state index in [0.29, 0.717) is 43.3 Å². The summed E-state index contributed by atoms with van der Waals surface area (Å²) in [7, 11) is -3.53. The van der Waals surface area contributed by atoms with Gasteiger partial charge in [0.25, 0.3) is 0 Å². The molecule has 1 aromatic heterocycles. The summed E-state index contributed by atoms with van der Waals surface area (Å²) < 4.78 is 38.2. The summed E-state index contributed by atoms with van der Waals surface area (Å²) in [5.41, 5.74) is 0. The third kappa shape index (κ3) is 6.42. The minimum atomic E-state index is -3.53. The molecule has 2 heterocycles. The summed E-state index contributed by atoms with van der Waals surface area (Å²) in [5.74, 6) is 0.365. The number of ether oxygens (including phenoxy) is 2. The van der Waals surface area contributed by atoms with E-state index in [2.05, 4.69) is 32.7 Å². The van der Waals surface area contributed by atoms with Crippen LogP contribution in [0.3, 0.4) is 0 Å². The van der Waals surface area contributed by atoms with E-state index in [4.69, 9.17) is 9.47 Å². The van der Waals surface area contributed by atoms with E-state index in [1.165, 1.54) is 10.5 Å². The fraction of sp³-hybridized carbons (Fsp3) is 0.667. The van der Waals surface area contributed by atoms with Crippen LogP contribution in [-0.4, -0.2) is 105 Å². The zero-order chi connectivity index (χ0) is 17.6. The molecule has 137 valence electrons. The summed E-state index contributed by atoms with van der Waals surface area (Å²) >= 11 is 3.33. The summed E-state index contributed by atoms with van der Waals surface area (Å²) in [4.78, 5) is 6.54. The average molecular weight is 445 g/mol. The molecule has 1 aliphatic heterocycles. The normalized spacial score (nSPS) is 16.4. The Morgan fingerprint density at radius 2 is 1.88 bits per heavy atom. The smallest absolute Gasteiger partial charge is 0.244 e. The molecule has 1 radical (unpaired) electrons. The molecule has 0 spiro atoms. The molecule has 0 bridgehead atoms. The van der Waals surface area contributed by atoms with E-state index in [9.17, 15) is 8.42 Å². The average Bonchev–Trinajstić information content (AvgIpc) is 2.59. The number of piperazine rings is 1. The fourth-order valence-corrected chi connectivity index (χ4v) is 4.44. The Morgan fingerprint density at radius 3 is 2.44 bits per heavy atom. The van der Waals surface area contributed by atoms with Crippen LogP contribution >= 0.6 is 15.9 Å². The molecule has 7 nitrogen and oxygen atoms in total. The molecule has 1 aromatic rings. The number of sulfonamides is 1. The van der Waals surface area contributed by atoms with Crippen LogP contribution in [0.2, 0.25) is 0 Å². The van der Waals surface area contributed by atoms with Gasteiger partial charge >= 0.3 is 0 Å². The van der Waals surface area contributed by atoms with Crippen LogP contribution in [-0.2, 0) is 14.8 Å². The van der Waals surface area contributed by atoms with Crippen molar-refractivity contribution in [3.05, 3.63) is 16.7 Å². The largest absolute Gasteiger partial charge is 0.474 e. The first kappa shape index (κ1) is 23.3. The number of pyridine rings is 1. The van der Waals surface area contributed by atoms with Crippen LogP contribution in [0, 0.1) is 0 Å². The number of halogens is 1. The van der Waals surface area contributed by atoms with Crippen molar-refractivity contribution in [3.63, 3.8) is 0 Å². The summed E-state index contributed by atoms with van der Waals surface area (Å²) in [5, 5.41) is 0. The number of rotatable bonds is 8. The summed E-state index contributed by atoms with van der Waals surface area (Å²) in [6.07, 6.45) is 1.35. The molecule has 10 heteroatoms. The minimum absolute atomic E-state index is 0. The molecule has 0 N–H and O–H groups in total. The zero-order valence-corrected chi connectivity index (χ0v) is 19.5. The first-order valence-corrected chi connectivity index (χ1v) is 10.3. The quantitative estimate of drug-likeness (QED) is 0.443. The van der Waals surface area contributed by atoms with E-state index < -0.39 is 10.0 Å². The molecule has 0 atom stereocenters. The molecule has 0 aliphatic carbocycles. The molecule has 0 amide bonds. The van der Waals surface area contributed by atoms with E-state index in [1.54, 1.807) is 6.07 Å². The van der Waals surface area contributed by atoms with Gasteiger partial charge in [0, 0.05) is 62.3 Å². The van der Waals surface area contributed by atoms with Gasteiger partial charge in [-0.15, -0.1) is 0 Å². The Bertz CT molecular complexity index is 640. The van der Waals surface area contributed by atoms with Gasteiger partial charge in [0.2, 0.25) is 15.9 Å². The van der Waals surface area contributed by atoms with Crippen LogP contribution in [0.4, 0.5) is 0 Å². The number of likely N-dealkylation sites (N-methyl/N-ethyl adjacent to an activating group) is 1. The third-order valence-corrected chi connectivity index (χ3v) is 6.30. The molecular weight excluding hydrogens is 421 g/mol. The monoisotopic (exact) mass is 444 g/mol. The molecule has 2 rings (SSSR count). The van der Waals surface area contributed by atoms with E-state index in [-0.39, 0.29) is 34.5 Å². The Kier molecular flexibility index (Phi) is 10.4. The molecular formula is C15H24BrN3NaO4S. The van der Waals surface area contributed by atoms with Crippen LogP contribution < -0.4 is 4.74 Å². The number of nitrogens with zero attached hydrogens (tertiary/aromatic N) is 3. The maximum Gasteiger partial charge on any atom is 0.244 e. The van der Waals surface area contributed by atoms with E-state index >= 15 is 0 Å². The Labute approximate surface area is 180 Å². The van der Waals surface area contributed by atoms with Crippen molar-refractivity contribution in [2.45, 2.75) is 18.7 Å². The van der Waals surface area contributed by atoms with Gasteiger partial charge in [-0.1, -0.05) is 6.92 Å². The fourth-order valence-electron chi connectivity index (χ4n) is 2.43. The van der Waals surface area contributed by atoms with Gasteiger partial charge in [-0.3, -0.25) is 0 Å². The minimum Gasteiger partial charge on any atom is -0.474 e. The van der Waals surface area contributed by atoms with Gasteiger partial charge in [-0.25, -0.2) is 13.4 Å². The SMILES string of the molecule is CCOCCOc1ncc(S(=O)(=O)N2CCN(CC)CC2)cc1Br.[Na]. The van der Waals surface area contributed by atoms with Crippen molar-refractivity contribution in [2.75, 3.05) is 52.5 Å². The topological polar surface area (TPSA) is 72.0 Å². The Balaban J connectivity index is 0.00000312. The molecule has 0 aromatic carbocycles. The molecule has 25 heavy (non-hydrogen) atoms. The van der Waals surface area contributed by atoms with E-state index in [1.807, 2.05) is 6.92 Å². The molecule has 0 unspecified atom stereocenters. The van der Waals surface area contributed by atoms with Gasteiger partial charge in [0.1, 0.15) is 11.5 Å². The second kappa shape index (κ2) is 11.2. The van der Waals surface area contributed by atoms with Gasteiger partial charge in [0.15, 0.2) is 0 Å². The summed E-state index contributed by atoms with van der Waals surface area (Å²) in [6.45, 7) is 8.89. The maximum atomic E-state index is 12.7. The molecule has 1 aliphatic rings. The number of hydrogen-bond acceptors (Lipinski definition) is 6. The molecule has 1 fully saturated rings. The van der Waals surface area contributed by atoms with Crippen LogP contribution in [0.25, 0.3) is 0 Å². The van der Waals surface area contributed by atoms with Crippen molar-refractivity contribution < 1.29 is 17.9 Å². The van der Waals surface area contributed by atoms with Crippen LogP contribution in [0.15, 0.2) is 21.6 Å². The molecule has 0 saturated carbocycles. The number of aromatic nitrogens is 1. The number of hydrogen-bond donors (Lipinski definition) is 0. The van der Waals surface area contributed by atoms with Crippen molar-refractivity contribution in [3.8, 4) is 5.88 Å². The summed E-state index contributed by atoms with van der Waals surface area (Å²) in [6, 6.07) is 1.55. The predicted octanol–water partition coefficient (Wildman–Crippen LogP) is 1.20. The first-order valence-electron chi connectivity index (χ1n) is 8.07. The zero-order valence-electron chi connectivity index (χ0n) is 15.1. The van der Waals surface area contributed by atoms with Gasteiger partial charge in [0.05, 0.1) is 17.3 Å². The van der Waals surface area contributed by atoms with Gasteiger partial charge in [-0.05, 0) is 35.5 Å². The second-order valence-electron chi connectivity index (χ2n) is 5.34. The Morgan fingerprint density at radius 1 is 1.20 bits per heavy atom. The first-order chi connectivity index (χ1) is 11.5. The van der Waals surface area contributed by atoms with Crippen molar-refractivity contribution in [1.82, 2.24) is 14.2 Å². The van der Waals surface area contributed by atoms with Crippen LogP contribution in [0.5, 0.6) is 5.88 Å². The van der Waals surface area contributed by atoms with Crippen molar-refractivity contribution in [2.24, 2.45) is 0 Å². The second-order valence-corrected chi connectivity index (χ2v) is 8.13. The van der Waals surface area contributed by atoms with E-state index in [0.717, 1.165) is 19.6 Å². The van der Waals surface area contributed by atoms with Crippen LogP contribution in [0.1, 0.15) is 13.8 Å². The molecule has 1 saturated heterocycles. The standard InChI is InChI=1S/C15H24BrN3O4S.Na/c1-3-18-5-7-19(8-6-18)24(20,21)13-11-14(16)15(17-12-13)23-10-9-22-4-2;/h11-12H,3-10H2,1-2H3;. The van der Waals surface area contributed by atoms with Crippen molar-refractivity contribution >= 4 is 55.5 Å². The third-order valence-electron chi connectivity index (χ3n) is 3.87. The van der Waals surface area contributed by atoms with Gasteiger partial charge in [-0.2, -0.15) is 4.31 Å². The predicted molar refractivity (Wildman–Crippen MR) is 101 cm³/mol. The Hall–Kier alpha value is 0.260.